The monoisotopic (exact) mass is 233 g/mol. The van der Waals surface area contributed by atoms with Crippen molar-refractivity contribution in [3.63, 3.8) is 0 Å². The van der Waals surface area contributed by atoms with Gasteiger partial charge in [-0.3, -0.25) is 5.10 Å². The van der Waals surface area contributed by atoms with E-state index in [4.69, 9.17) is 4.98 Å². The Balaban J connectivity index is 1.80. The SMILES string of the molecule is CC(C)c1n[nH]c(C(C2CCC2)C2CCC2)n1. The highest BCUT2D eigenvalue weighted by molar-refractivity contribution is 5.07. The molecule has 2 saturated carbocycles. The van der Waals surface area contributed by atoms with Crippen LogP contribution in [0.2, 0.25) is 0 Å². The van der Waals surface area contributed by atoms with E-state index in [0.717, 1.165) is 17.7 Å². The Kier molecular flexibility index (Phi) is 2.93. The fraction of sp³-hybridized carbons (Fsp3) is 0.857. The first-order valence-electron chi connectivity index (χ1n) is 7.18. The van der Waals surface area contributed by atoms with E-state index in [1.165, 1.54) is 44.3 Å². The van der Waals surface area contributed by atoms with E-state index in [1.807, 2.05) is 0 Å². The molecule has 0 radical (unpaired) electrons. The Morgan fingerprint density at radius 1 is 1.06 bits per heavy atom. The summed E-state index contributed by atoms with van der Waals surface area (Å²) in [6.07, 6.45) is 8.44. The van der Waals surface area contributed by atoms with E-state index in [1.54, 1.807) is 0 Å². The number of hydrogen-bond acceptors (Lipinski definition) is 2. The average Bonchev–Trinajstić information content (AvgIpc) is 2.59. The first kappa shape index (κ1) is 11.2. The van der Waals surface area contributed by atoms with Gasteiger partial charge in [0.25, 0.3) is 0 Å². The zero-order valence-corrected chi connectivity index (χ0v) is 10.9. The zero-order valence-electron chi connectivity index (χ0n) is 10.9. The van der Waals surface area contributed by atoms with Crippen LogP contribution in [0.4, 0.5) is 0 Å². The lowest BCUT2D eigenvalue weighted by Gasteiger charge is -2.41. The minimum Gasteiger partial charge on any atom is -0.263 e. The fourth-order valence-corrected chi connectivity index (χ4v) is 3.12. The van der Waals surface area contributed by atoms with Gasteiger partial charge in [0.05, 0.1) is 0 Å². The minimum absolute atomic E-state index is 0.434. The molecular formula is C14H23N3. The summed E-state index contributed by atoms with van der Waals surface area (Å²) >= 11 is 0. The van der Waals surface area contributed by atoms with Crippen LogP contribution in [-0.2, 0) is 0 Å². The second kappa shape index (κ2) is 4.43. The molecule has 1 heterocycles. The molecule has 2 fully saturated rings. The third-order valence-corrected chi connectivity index (χ3v) is 4.67. The quantitative estimate of drug-likeness (QED) is 0.863. The molecule has 94 valence electrons. The van der Waals surface area contributed by atoms with Crippen molar-refractivity contribution in [3.05, 3.63) is 11.6 Å². The Morgan fingerprint density at radius 2 is 1.65 bits per heavy atom. The highest BCUT2D eigenvalue weighted by Crippen LogP contribution is 2.48. The number of hydrogen-bond donors (Lipinski definition) is 1. The third-order valence-electron chi connectivity index (χ3n) is 4.67. The molecule has 0 atom stereocenters. The van der Waals surface area contributed by atoms with Gasteiger partial charge in [0, 0.05) is 11.8 Å². The summed E-state index contributed by atoms with van der Waals surface area (Å²) in [7, 11) is 0. The van der Waals surface area contributed by atoms with Crippen LogP contribution >= 0.6 is 0 Å². The van der Waals surface area contributed by atoms with Crippen molar-refractivity contribution in [2.45, 2.75) is 64.2 Å². The summed E-state index contributed by atoms with van der Waals surface area (Å²) in [6.45, 7) is 4.32. The maximum absolute atomic E-state index is 4.75. The molecule has 1 N–H and O–H groups in total. The van der Waals surface area contributed by atoms with E-state index in [9.17, 15) is 0 Å². The highest BCUT2D eigenvalue weighted by Gasteiger charge is 2.39. The Labute approximate surface area is 103 Å². The van der Waals surface area contributed by atoms with Crippen LogP contribution in [0.3, 0.4) is 0 Å². The van der Waals surface area contributed by atoms with E-state index >= 15 is 0 Å². The number of nitrogens with one attached hydrogen (secondary N) is 1. The van der Waals surface area contributed by atoms with E-state index in [0.29, 0.717) is 11.8 Å². The topological polar surface area (TPSA) is 41.6 Å². The molecule has 3 nitrogen and oxygen atoms in total. The first-order valence-corrected chi connectivity index (χ1v) is 7.18. The highest BCUT2D eigenvalue weighted by atomic mass is 15.2. The van der Waals surface area contributed by atoms with Gasteiger partial charge in [-0.25, -0.2) is 4.98 Å². The number of aromatic nitrogens is 3. The predicted molar refractivity (Wildman–Crippen MR) is 67.9 cm³/mol. The summed E-state index contributed by atoms with van der Waals surface area (Å²) in [6, 6.07) is 0. The van der Waals surface area contributed by atoms with Crippen molar-refractivity contribution in [1.29, 1.82) is 0 Å². The maximum atomic E-state index is 4.75. The predicted octanol–water partition coefficient (Wildman–Crippen LogP) is 3.61. The number of nitrogens with zero attached hydrogens (tertiary/aromatic N) is 2. The smallest absolute Gasteiger partial charge is 0.153 e. The van der Waals surface area contributed by atoms with Crippen LogP contribution in [-0.4, -0.2) is 15.2 Å². The molecule has 0 aromatic carbocycles. The summed E-state index contributed by atoms with van der Waals surface area (Å²) in [4.78, 5) is 4.75. The molecular weight excluding hydrogens is 210 g/mol. The van der Waals surface area contributed by atoms with Crippen molar-refractivity contribution < 1.29 is 0 Å². The molecule has 3 rings (SSSR count). The Morgan fingerprint density at radius 3 is 2.00 bits per heavy atom. The standard InChI is InChI=1S/C14H23N3/c1-9(2)13-15-14(17-16-13)12(10-5-3-6-10)11-7-4-8-11/h9-12H,3-8H2,1-2H3,(H,15,16,17). The number of rotatable bonds is 4. The first-order chi connectivity index (χ1) is 8.25. The van der Waals surface area contributed by atoms with Crippen molar-refractivity contribution in [3.8, 4) is 0 Å². The van der Waals surface area contributed by atoms with Crippen LogP contribution in [0.15, 0.2) is 0 Å². The molecule has 3 heteroatoms. The summed E-state index contributed by atoms with van der Waals surface area (Å²) in [5, 5.41) is 7.61. The second-order valence-electron chi connectivity index (χ2n) is 6.14. The van der Waals surface area contributed by atoms with Crippen molar-refractivity contribution >= 4 is 0 Å². The molecule has 1 aromatic heterocycles. The normalized spacial score (nSPS) is 21.9. The van der Waals surface area contributed by atoms with E-state index in [2.05, 4.69) is 24.0 Å². The van der Waals surface area contributed by atoms with Gasteiger partial charge in [-0.1, -0.05) is 26.7 Å². The van der Waals surface area contributed by atoms with Crippen molar-refractivity contribution in [1.82, 2.24) is 15.2 Å². The van der Waals surface area contributed by atoms with Gasteiger partial charge in [0.2, 0.25) is 0 Å². The molecule has 1 aromatic rings. The lowest BCUT2D eigenvalue weighted by Crippen LogP contribution is -2.31. The lowest BCUT2D eigenvalue weighted by molar-refractivity contribution is 0.143. The summed E-state index contributed by atoms with van der Waals surface area (Å²) in [5.74, 6) is 5.05. The van der Waals surface area contributed by atoms with Crippen molar-refractivity contribution in [2.24, 2.45) is 11.8 Å². The van der Waals surface area contributed by atoms with Gasteiger partial charge < -0.3 is 0 Å². The zero-order chi connectivity index (χ0) is 11.8. The second-order valence-corrected chi connectivity index (χ2v) is 6.14. The van der Waals surface area contributed by atoms with Gasteiger partial charge in [-0.15, -0.1) is 0 Å². The molecule has 0 spiro atoms. The largest absolute Gasteiger partial charge is 0.263 e. The molecule has 2 aliphatic carbocycles. The Hall–Kier alpha value is -0.860. The van der Waals surface area contributed by atoms with Gasteiger partial charge in [0.1, 0.15) is 5.82 Å². The van der Waals surface area contributed by atoms with Crippen LogP contribution in [0.1, 0.15) is 75.9 Å². The number of aromatic amines is 1. The van der Waals surface area contributed by atoms with Gasteiger partial charge in [-0.05, 0) is 37.5 Å². The van der Waals surface area contributed by atoms with Gasteiger partial charge >= 0.3 is 0 Å². The lowest BCUT2D eigenvalue weighted by atomic mass is 9.64. The van der Waals surface area contributed by atoms with Crippen LogP contribution < -0.4 is 0 Å². The molecule has 0 amide bonds. The molecule has 0 aliphatic heterocycles. The summed E-state index contributed by atoms with van der Waals surface area (Å²) < 4.78 is 0. The van der Waals surface area contributed by atoms with Crippen LogP contribution in [0.25, 0.3) is 0 Å². The molecule has 17 heavy (non-hydrogen) atoms. The molecule has 0 bridgehead atoms. The molecule has 2 aliphatic rings. The molecule has 0 saturated heterocycles. The van der Waals surface area contributed by atoms with Crippen LogP contribution in [0, 0.1) is 11.8 Å². The van der Waals surface area contributed by atoms with Crippen LogP contribution in [0.5, 0.6) is 0 Å². The average molecular weight is 233 g/mol. The fourth-order valence-electron chi connectivity index (χ4n) is 3.12. The number of H-pyrrole nitrogens is 1. The van der Waals surface area contributed by atoms with E-state index in [-0.39, 0.29) is 0 Å². The van der Waals surface area contributed by atoms with E-state index < -0.39 is 0 Å². The Bertz CT molecular complexity index is 361. The maximum Gasteiger partial charge on any atom is 0.153 e. The van der Waals surface area contributed by atoms with Crippen molar-refractivity contribution in [2.75, 3.05) is 0 Å². The van der Waals surface area contributed by atoms with Gasteiger partial charge in [0.15, 0.2) is 5.82 Å². The third kappa shape index (κ3) is 2.00. The molecule has 0 unspecified atom stereocenters. The summed E-state index contributed by atoms with van der Waals surface area (Å²) in [5.41, 5.74) is 0. The minimum atomic E-state index is 0.434. The van der Waals surface area contributed by atoms with Gasteiger partial charge in [-0.2, -0.15) is 5.10 Å².